The van der Waals surface area contributed by atoms with Crippen molar-refractivity contribution in [3.63, 3.8) is 0 Å². The molecule has 9 heteroatoms. The van der Waals surface area contributed by atoms with Crippen molar-refractivity contribution >= 4 is 33.0 Å². The van der Waals surface area contributed by atoms with Gasteiger partial charge in [-0.1, -0.05) is 12.1 Å². The molecule has 1 aromatic rings. The van der Waals surface area contributed by atoms with Gasteiger partial charge in [0.05, 0.1) is 28.8 Å². The second kappa shape index (κ2) is 6.08. The van der Waals surface area contributed by atoms with Crippen LogP contribution in [0.3, 0.4) is 0 Å². The minimum absolute atomic E-state index is 0.0944. The van der Waals surface area contributed by atoms with Crippen LogP contribution in [0.25, 0.3) is 0 Å². The first kappa shape index (κ1) is 17.1. The largest absolute Gasteiger partial charge is 0.418 e. The van der Waals surface area contributed by atoms with Crippen molar-refractivity contribution in [2.24, 2.45) is 0 Å². The normalized spacial score (nSPS) is 20.8. The van der Waals surface area contributed by atoms with Gasteiger partial charge < -0.3 is 4.90 Å². The van der Waals surface area contributed by atoms with Gasteiger partial charge in [-0.25, -0.2) is 8.42 Å². The fraction of sp³-hybridized carbons (Fsp3) is 0.462. The van der Waals surface area contributed by atoms with Crippen LogP contribution in [0.5, 0.6) is 0 Å². The fourth-order valence-electron chi connectivity index (χ4n) is 2.50. The number of carbonyl (C=O) groups is 1. The first-order valence-electron chi connectivity index (χ1n) is 6.40. The van der Waals surface area contributed by atoms with Crippen molar-refractivity contribution in [3.8, 4) is 0 Å². The van der Waals surface area contributed by atoms with E-state index in [9.17, 15) is 26.4 Å². The molecule has 0 N–H and O–H groups in total. The summed E-state index contributed by atoms with van der Waals surface area (Å²) in [4.78, 5) is 12.9. The van der Waals surface area contributed by atoms with Gasteiger partial charge in [0.25, 0.3) is 0 Å². The third-order valence-electron chi connectivity index (χ3n) is 3.43. The highest BCUT2D eigenvalue weighted by Gasteiger charge is 2.40. The van der Waals surface area contributed by atoms with Crippen molar-refractivity contribution in [1.29, 1.82) is 0 Å². The summed E-state index contributed by atoms with van der Waals surface area (Å²) < 4.78 is 62.5. The zero-order chi connectivity index (χ0) is 16.5. The molecular formula is C13H13ClF3NO3S. The summed E-state index contributed by atoms with van der Waals surface area (Å²) in [6, 6.07) is 3.74. The van der Waals surface area contributed by atoms with Gasteiger partial charge in [0.1, 0.15) is 5.88 Å². The Balaban J connectivity index is 2.50. The number of alkyl halides is 4. The minimum atomic E-state index is -4.65. The molecule has 0 aromatic heterocycles. The lowest BCUT2D eigenvalue weighted by atomic mass is 10.1. The van der Waals surface area contributed by atoms with Gasteiger partial charge in [-0.3, -0.25) is 4.79 Å². The molecule has 1 aromatic carbocycles. The molecule has 1 unspecified atom stereocenters. The molecule has 0 saturated carbocycles. The van der Waals surface area contributed by atoms with Gasteiger partial charge in [0.15, 0.2) is 9.84 Å². The van der Waals surface area contributed by atoms with Crippen LogP contribution in [0.4, 0.5) is 18.9 Å². The molecule has 4 nitrogen and oxygen atoms in total. The zero-order valence-corrected chi connectivity index (χ0v) is 12.9. The Morgan fingerprint density at radius 2 is 1.95 bits per heavy atom. The van der Waals surface area contributed by atoms with Crippen LogP contribution < -0.4 is 4.90 Å². The Kier molecular flexibility index (Phi) is 4.72. The zero-order valence-electron chi connectivity index (χ0n) is 11.3. The van der Waals surface area contributed by atoms with E-state index in [0.29, 0.717) is 0 Å². The maximum absolute atomic E-state index is 13.1. The van der Waals surface area contributed by atoms with Crippen LogP contribution in [0.1, 0.15) is 12.0 Å². The highest BCUT2D eigenvalue weighted by atomic mass is 35.5. The maximum Gasteiger partial charge on any atom is 0.418 e. The molecule has 22 heavy (non-hydrogen) atoms. The van der Waals surface area contributed by atoms with E-state index >= 15 is 0 Å². The summed E-state index contributed by atoms with van der Waals surface area (Å²) in [5.74, 6) is -1.79. The van der Waals surface area contributed by atoms with E-state index in [1.54, 1.807) is 0 Å². The van der Waals surface area contributed by atoms with Crippen LogP contribution >= 0.6 is 11.6 Å². The van der Waals surface area contributed by atoms with Crippen molar-refractivity contribution in [3.05, 3.63) is 29.8 Å². The second-order valence-corrected chi connectivity index (χ2v) is 7.47. The smallest absolute Gasteiger partial charge is 0.307 e. The number of sulfone groups is 1. The molecule has 0 aliphatic carbocycles. The molecule has 0 bridgehead atoms. The molecule has 1 atom stereocenters. The third kappa shape index (κ3) is 3.55. The van der Waals surface area contributed by atoms with Gasteiger partial charge in [-0.05, 0) is 18.6 Å². The van der Waals surface area contributed by atoms with Crippen LogP contribution in [-0.2, 0) is 20.8 Å². The molecule has 1 fully saturated rings. The number of para-hydroxylation sites is 1. The summed E-state index contributed by atoms with van der Waals surface area (Å²) >= 11 is 5.49. The minimum Gasteiger partial charge on any atom is -0.307 e. The average molecular weight is 356 g/mol. The molecule has 0 radical (unpaired) electrons. The first-order chi connectivity index (χ1) is 10.2. The summed E-state index contributed by atoms with van der Waals surface area (Å²) in [6.45, 7) is 0. The molecule has 1 aliphatic rings. The first-order valence-corrected chi connectivity index (χ1v) is 8.76. The number of anilines is 1. The van der Waals surface area contributed by atoms with Gasteiger partial charge in [-0.15, -0.1) is 11.6 Å². The quantitative estimate of drug-likeness (QED) is 0.783. The molecule has 1 saturated heterocycles. The van der Waals surface area contributed by atoms with E-state index in [1.807, 2.05) is 0 Å². The second-order valence-electron chi connectivity index (χ2n) is 4.97. The molecule has 1 heterocycles. The number of rotatable bonds is 3. The van der Waals surface area contributed by atoms with Crippen LogP contribution in [0.2, 0.25) is 0 Å². The maximum atomic E-state index is 13.1. The SMILES string of the molecule is O=C(CCl)N(c1ccccc1C(F)(F)F)C1CCS(=O)(=O)C1. The van der Waals surface area contributed by atoms with E-state index in [-0.39, 0.29) is 23.6 Å². The van der Waals surface area contributed by atoms with Gasteiger partial charge in [-0.2, -0.15) is 13.2 Å². The number of amides is 1. The predicted octanol–water partition coefficient (Wildman–Crippen LogP) is 2.46. The van der Waals surface area contributed by atoms with E-state index in [1.165, 1.54) is 12.1 Å². The molecule has 122 valence electrons. The topological polar surface area (TPSA) is 54.5 Å². The van der Waals surface area contributed by atoms with Gasteiger partial charge >= 0.3 is 6.18 Å². The highest BCUT2D eigenvalue weighted by Crippen LogP contribution is 2.38. The van der Waals surface area contributed by atoms with Gasteiger partial charge in [0.2, 0.25) is 5.91 Å². The lowest BCUT2D eigenvalue weighted by molar-refractivity contribution is -0.137. The number of hydrogen-bond donors (Lipinski definition) is 0. The molecular weight excluding hydrogens is 343 g/mol. The van der Waals surface area contributed by atoms with Crippen molar-refractivity contribution in [2.75, 3.05) is 22.3 Å². The monoisotopic (exact) mass is 355 g/mol. The summed E-state index contributed by atoms with van der Waals surface area (Å²) in [7, 11) is -3.36. The van der Waals surface area contributed by atoms with E-state index in [2.05, 4.69) is 0 Å². The van der Waals surface area contributed by atoms with Crippen molar-refractivity contribution in [2.45, 2.75) is 18.6 Å². The molecule has 1 aliphatic heterocycles. The Bertz CT molecular complexity index is 675. The lowest BCUT2D eigenvalue weighted by Gasteiger charge is -2.30. The van der Waals surface area contributed by atoms with Crippen molar-refractivity contribution in [1.82, 2.24) is 0 Å². The highest BCUT2D eigenvalue weighted by molar-refractivity contribution is 7.91. The lowest BCUT2D eigenvalue weighted by Crippen LogP contribution is -2.43. The average Bonchev–Trinajstić information content (AvgIpc) is 2.78. The number of carbonyl (C=O) groups excluding carboxylic acids is 1. The van der Waals surface area contributed by atoms with E-state index < -0.39 is 39.4 Å². The molecule has 0 spiro atoms. The fourth-order valence-corrected chi connectivity index (χ4v) is 4.33. The van der Waals surface area contributed by atoms with Crippen LogP contribution in [0.15, 0.2) is 24.3 Å². The number of benzene rings is 1. The summed E-state index contributed by atoms with van der Waals surface area (Å²) in [5, 5.41) is 0. The summed E-state index contributed by atoms with van der Waals surface area (Å²) in [6.07, 6.45) is -4.56. The standard InChI is InChI=1S/C13H13ClF3NO3S/c14-7-12(19)18(9-5-6-22(20,21)8-9)11-4-2-1-3-10(11)13(15,16)17/h1-4,9H,5-8H2. The van der Waals surface area contributed by atoms with E-state index in [0.717, 1.165) is 17.0 Å². The number of nitrogens with zero attached hydrogens (tertiary/aromatic N) is 1. The number of hydrogen-bond acceptors (Lipinski definition) is 3. The molecule has 2 rings (SSSR count). The Hall–Kier alpha value is -1.28. The number of halogens is 4. The van der Waals surface area contributed by atoms with Gasteiger partial charge in [0, 0.05) is 0 Å². The Labute approximate surface area is 130 Å². The Morgan fingerprint density at radius 1 is 1.32 bits per heavy atom. The molecule has 1 amide bonds. The van der Waals surface area contributed by atoms with E-state index in [4.69, 9.17) is 11.6 Å². The Morgan fingerprint density at radius 3 is 2.45 bits per heavy atom. The summed E-state index contributed by atoms with van der Waals surface area (Å²) in [5.41, 5.74) is -1.35. The van der Waals surface area contributed by atoms with Crippen LogP contribution in [0, 0.1) is 0 Å². The van der Waals surface area contributed by atoms with Crippen LogP contribution in [-0.4, -0.2) is 37.8 Å². The predicted molar refractivity (Wildman–Crippen MR) is 76.7 cm³/mol. The van der Waals surface area contributed by atoms with Crippen molar-refractivity contribution < 1.29 is 26.4 Å². The third-order valence-corrected chi connectivity index (χ3v) is 5.40.